The lowest BCUT2D eigenvalue weighted by atomic mass is 10.5. The lowest BCUT2D eigenvalue weighted by Crippen LogP contribution is -2.35. The van der Waals surface area contributed by atoms with Gasteiger partial charge in [0.05, 0.1) is 13.3 Å². The predicted octanol–water partition coefficient (Wildman–Crippen LogP) is -1.68. The highest BCUT2D eigenvalue weighted by atomic mass is 16.5. The van der Waals surface area contributed by atoms with E-state index in [-0.39, 0.29) is 24.1 Å². The molecule has 0 aliphatic carbocycles. The standard InChI is InChI=1S/C10H15N5O4/c1-7(16)11-3-4-12-9(17)6-15-5-8(13-14-15)10(18)19-2/h5H,3-4,6H2,1-2H3,(H,11,16)(H,12,17). The Balaban J connectivity index is 2.34. The van der Waals surface area contributed by atoms with Crippen LogP contribution >= 0.6 is 0 Å². The maximum Gasteiger partial charge on any atom is 0.360 e. The van der Waals surface area contributed by atoms with Crippen molar-refractivity contribution in [3.63, 3.8) is 0 Å². The molecule has 0 saturated heterocycles. The molecular weight excluding hydrogens is 254 g/mol. The van der Waals surface area contributed by atoms with Crippen molar-refractivity contribution in [2.45, 2.75) is 13.5 Å². The first kappa shape index (κ1) is 14.6. The number of carbonyl (C=O) groups excluding carboxylic acids is 3. The van der Waals surface area contributed by atoms with Crippen LogP contribution in [0.1, 0.15) is 17.4 Å². The Morgan fingerprint density at radius 2 is 2.00 bits per heavy atom. The second-order valence-electron chi connectivity index (χ2n) is 3.63. The number of esters is 1. The van der Waals surface area contributed by atoms with Crippen molar-refractivity contribution in [3.8, 4) is 0 Å². The fourth-order valence-corrected chi connectivity index (χ4v) is 1.22. The van der Waals surface area contributed by atoms with E-state index in [1.165, 1.54) is 24.9 Å². The van der Waals surface area contributed by atoms with Gasteiger partial charge in [0.15, 0.2) is 5.69 Å². The Labute approximate surface area is 109 Å². The second-order valence-corrected chi connectivity index (χ2v) is 3.63. The summed E-state index contributed by atoms with van der Waals surface area (Å²) in [5.74, 6) is -1.07. The number of nitrogens with one attached hydrogen (secondary N) is 2. The molecule has 0 bridgehead atoms. The number of rotatable bonds is 6. The van der Waals surface area contributed by atoms with Crippen molar-refractivity contribution in [1.82, 2.24) is 25.6 Å². The van der Waals surface area contributed by atoms with Gasteiger partial charge in [-0.05, 0) is 0 Å². The average Bonchev–Trinajstić information content (AvgIpc) is 2.82. The molecule has 104 valence electrons. The monoisotopic (exact) mass is 269 g/mol. The third-order valence-corrected chi connectivity index (χ3v) is 2.06. The van der Waals surface area contributed by atoms with Crippen molar-refractivity contribution in [2.75, 3.05) is 20.2 Å². The van der Waals surface area contributed by atoms with Gasteiger partial charge in [0, 0.05) is 20.0 Å². The minimum atomic E-state index is -0.614. The van der Waals surface area contributed by atoms with Crippen LogP contribution in [0.5, 0.6) is 0 Å². The number of hydrogen-bond acceptors (Lipinski definition) is 6. The summed E-state index contributed by atoms with van der Waals surface area (Å²) >= 11 is 0. The van der Waals surface area contributed by atoms with Gasteiger partial charge in [-0.1, -0.05) is 5.21 Å². The van der Waals surface area contributed by atoms with Crippen molar-refractivity contribution in [3.05, 3.63) is 11.9 Å². The van der Waals surface area contributed by atoms with Crippen molar-refractivity contribution in [1.29, 1.82) is 0 Å². The van der Waals surface area contributed by atoms with Gasteiger partial charge in [-0.2, -0.15) is 0 Å². The molecule has 0 atom stereocenters. The molecule has 2 amide bonds. The molecule has 9 nitrogen and oxygen atoms in total. The molecule has 0 spiro atoms. The number of methoxy groups -OCH3 is 1. The third kappa shape index (κ3) is 5.15. The molecule has 1 heterocycles. The molecule has 0 fully saturated rings. The molecule has 1 aromatic heterocycles. The zero-order chi connectivity index (χ0) is 14.3. The summed E-state index contributed by atoms with van der Waals surface area (Å²) in [6.45, 7) is 2.00. The molecule has 0 radical (unpaired) electrons. The molecule has 2 N–H and O–H groups in total. The number of nitrogens with zero attached hydrogens (tertiary/aromatic N) is 3. The van der Waals surface area contributed by atoms with Crippen LogP contribution in [0.15, 0.2) is 6.20 Å². The van der Waals surface area contributed by atoms with Crippen molar-refractivity contribution in [2.24, 2.45) is 0 Å². The quantitative estimate of drug-likeness (QED) is 0.470. The molecule has 0 unspecified atom stereocenters. The molecular formula is C10H15N5O4. The van der Waals surface area contributed by atoms with Gasteiger partial charge in [0.2, 0.25) is 11.8 Å². The number of amides is 2. The molecule has 0 aliphatic heterocycles. The third-order valence-electron chi connectivity index (χ3n) is 2.06. The normalized spacial score (nSPS) is 9.79. The first-order chi connectivity index (χ1) is 9.02. The maximum atomic E-state index is 11.5. The molecule has 0 aliphatic rings. The summed E-state index contributed by atoms with van der Waals surface area (Å²) in [5, 5.41) is 12.3. The van der Waals surface area contributed by atoms with E-state index in [2.05, 4.69) is 25.7 Å². The lowest BCUT2D eigenvalue weighted by molar-refractivity contribution is -0.122. The van der Waals surface area contributed by atoms with Gasteiger partial charge in [0.1, 0.15) is 6.54 Å². The van der Waals surface area contributed by atoms with Crippen molar-refractivity contribution >= 4 is 17.8 Å². The van der Waals surface area contributed by atoms with Crippen LogP contribution in [0.25, 0.3) is 0 Å². The van der Waals surface area contributed by atoms with E-state index in [4.69, 9.17) is 0 Å². The summed E-state index contributed by atoms with van der Waals surface area (Å²) in [6, 6.07) is 0. The zero-order valence-electron chi connectivity index (χ0n) is 10.7. The average molecular weight is 269 g/mol. The largest absolute Gasteiger partial charge is 0.464 e. The molecule has 19 heavy (non-hydrogen) atoms. The molecule has 9 heteroatoms. The Bertz CT molecular complexity index is 470. The molecule has 0 saturated carbocycles. The highest BCUT2D eigenvalue weighted by Gasteiger charge is 2.11. The van der Waals surface area contributed by atoms with E-state index >= 15 is 0 Å². The molecule has 0 aromatic carbocycles. The Morgan fingerprint density at radius 3 is 2.63 bits per heavy atom. The maximum absolute atomic E-state index is 11.5. The van der Waals surface area contributed by atoms with Gasteiger partial charge in [-0.3, -0.25) is 9.59 Å². The number of hydrogen-bond donors (Lipinski definition) is 2. The highest BCUT2D eigenvalue weighted by molar-refractivity contribution is 5.86. The van der Waals surface area contributed by atoms with Gasteiger partial charge < -0.3 is 15.4 Å². The van der Waals surface area contributed by atoms with Crippen LogP contribution in [-0.2, 0) is 20.9 Å². The topological polar surface area (TPSA) is 115 Å². The van der Waals surface area contributed by atoms with Crippen LogP contribution in [0.2, 0.25) is 0 Å². The second kappa shape index (κ2) is 7.09. The van der Waals surface area contributed by atoms with Crippen LogP contribution in [0.4, 0.5) is 0 Å². The van der Waals surface area contributed by atoms with Gasteiger partial charge in [-0.15, -0.1) is 5.10 Å². The summed E-state index contributed by atoms with van der Waals surface area (Å²) in [5.41, 5.74) is 0.0357. The number of aromatic nitrogens is 3. The first-order valence-electron chi connectivity index (χ1n) is 5.52. The smallest absolute Gasteiger partial charge is 0.360 e. The zero-order valence-corrected chi connectivity index (χ0v) is 10.7. The van der Waals surface area contributed by atoms with Gasteiger partial charge in [-0.25, -0.2) is 9.48 Å². The van der Waals surface area contributed by atoms with Gasteiger partial charge >= 0.3 is 5.97 Å². The Kier molecular flexibility index (Phi) is 5.45. The van der Waals surface area contributed by atoms with Crippen molar-refractivity contribution < 1.29 is 19.1 Å². The predicted molar refractivity (Wildman–Crippen MR) is 63.1 cm³/mol. The van der Waals surface area contributed by atoms with Gasteiger partial charge in [0.25, 0.3) is 0 Å². The van der Waals surface area contributed by atoms with E-state index in [9.17, 15) is 14.4 Å². The van der Waals surface area contributed by atoms with E-state index in [0.29, 0.717) is 13.1 Å². The minimum absolute atomic E-state index is 0.0357. The molecule has 1 rings (SSSR count). The number of ether oxygens (including phenoxy) is 1. The van der Waals surface area contributed by atoms with E-state index in [0.717, 1.165) is 0 Å². The van der Waals surface area contributed by atoms with E-state index in [1.807, 2.05) is 0 Å². The summed E-state index contributed by atoms with van der Waals surface area (Å²) in [4.78, 5) is 33.2. The van der Waals surface area contributed by atoms with E-state index in [1.54, 1.807) is 0 Å². The molecule has 1 aromatic rings. The minimum Gasteiger partial charge on any atom is -0.464 e. The lowest BCUT2D eigenvalue weighted by Gasteiger charge is -2.05. The first-order valence-corrected chi connectivity index (χ1v) is 5.52. The Hall–Kier alpha value is -2.45. The fraction of sp³-hybridized carbons (Fsp3) is 0.500. The summed E-state index contributed by atoms with van der Waals surface area (Å²) in [6.07, 6.45) is 1.32. The van der Waals surface area contributed by atoms with Crippen LogP contribution in [0, 0.1) is 0 Å². The Morgan fingerprint density at radius 1 is 1.32 bits per heavy atom. The summed E-state index contributed by atoms with van der Waals surface area (Å²) < 4.78 is 5.68. The van der Waals surface area contributed by atoms with Crippen LogP contribution in [-0.4, -0.2) is 53.0 Å². The fourth-order valence-electron chi connectivity index (χ4n) is 1.22. The van der Waals surface area contributed by atoms with E-state index < -0.39 is 5.97 Å². The van der Waals surface area contributed by atoms with Crippen LogP contribution in [0.3, 0.4) is 0 Å². The summed E-state index contributed by atoms with van der Waals surface area (Å²) in [7, 11) is 1.23. The number of carbonyl (C=O) groups is 3. The van der Waals surface area contributed by atoms with Crippen LogP contribution < -0.4 is 10.6 Å². The highest BCUT2D eigenvalue weighted by Crippen LogP contribution is 1.95. The SMILES string of the molecule is COC(=O)c1cn(CC(=O)NCCNC(C)=O)nn1.